The molecule has 0 radical (unpaired) electrons. The van der Waals surface area contributed by atoms with Crippen molar-refractivity contribution in [2.75, 3.05) is 0 Å². The van der Waals surface area contributed by atoms with Gasteiger partial charge >= 0.3 is 0 Å². The monoisotopic (exact) mass is 229 g/mol. The SMILES string of the molecule is Cc1cc(C)c(-c2onc(C)c2C=O)c(C)c1. The summed E-state index contributed by atoms with van der Waals surface area (Å²) >= 11 is 0. The number of aromatic nitrogens is 1. The van der Waals surface area contributed by atoms with Gasteiger partial charge in [0.25, 0.3) is 0 Å². The van der Waals surface area contributed by atoms with Crippen LogP contribution in [0.15, 0.2) is 16.7 Å². The smallest absolute Gasteiger partial charge is 0.178 e. The van der Waals surface area contributed by atoms with Gasteiger partial charge < -0.3 is 4.52 Å². The maximum Gasteiger partial charge on any atom is 0.178 e. The topological polar surface area (TPSA) is 43.1 Å². The number of nitrogens with zero attached hydrogens (tertiary/aromatic N) is 1. The lowest BCUT2D eigenvalue weighted by molar-refractivity contribution is 0.112. The zero-order chi connectivity index (χ0) is 12.6. The summed E-state index contributed by atoms with van der Waals surface area (Å²) in [5.74, 6) is 0.576. The van der Waals surface area contributed by atoms with E-state index in [0.717, 1.165) is 23.0 Å². The second kappa shape index (κ2) is 4.17. The molecule has 0 N–H and O–H groups in total. The lowest BCUT2D eigenvalue weighted by atomic mass is 9.96. The van der Waals surface area contributed by atoms with E-state index >= 15 is 0 Å². The molecule has 0 fully saturated rings. The first-order chi connectivity index (χ1) is 8.04. The van der Waals surface area contributed by atoms with Crippen LogP contribution < -0.4 is 0 Å². The van der Waals surface area contributed by atoms with Crippen molar-refractivity contribution in [1.29, 1.82) is 0 Å². The summed E-state index contributed by atoms with van der Waals surface area (Å²) in [6.07, 6.45) is 0.805. The minimum absolute atomic E-state index is 0.542. The Morgan fingerprint density at radius 1 is 1.12 bits per heavy atom. The van der Waals surface area contributed by atoms with Crippen LogP contribution in [-0.4, -0.2) is 11.4 Å². The fourth-order valence-electron chi connectivity index (χ4n) is 2.23. The summed E-state index contributed by atoms with van der Waals surface area (Å²) in [4.78, 5) is 11.1. The number of rotatable bonds is 2. The molecule has 0 aliphatic heterocycles. The first-order valence-corrected chi connectivity index (χ1v) is 5.54. The van der Waals surface area contributed by atoms with Crippen LogP contribution in [0, 0.1) is 27.7 Å². The van der Waals surface area contributed by atoms with Gasteiger partial charge in [0, 0.05) is 5.56 Å². The molecular weight excluding hydrogens is 214 g/mol. The zero-order valence-corrected chi connectivity index (χ0v) is 10.5. The Bertz CT molecular complexity index is 559. The van der Waals surface area contributed by atoms with E-state index in [2.05, 4.69) is 24.2 Å². The Kier molecular flexibility index (Phi) is 2.84. The number of benzene rings is 1. The largest absolute Gasteiger partial charge is 0.355 e. The highest BCUT2D eigenvalue weighted by Gasteiger charge is 2.18. The predicted octanol–water partition coefficient (Wildman–Crippen LogP) is 3.39. The molecule has 3 nitrogen and oxygen atoms in total. The van der Waals surface area contributed by atoms with Crippen molar-refractivity contribution in [3.05, 3.63) is 40.1 Å². The average molecular weight is 229 g/mol. The maximum absolute atomic E-state index is 11.1. The molecule has 1 aromatic heterocycles. The van der Waals surface area contributed by atoms with Gasteiger partial charge in [-0.3, -0.25) is 4.79 Å². The summed E-state index contributed by atoms with van der Waals surface area (Å²) in [7, 11) is 0. The third-order valence-electron chi connectivity index (χ3n) is 2.93. The quantitative estimate of drug-likeness (QED) is 0.741. The molecule has 0 aliphatic rings. The van der Waals surface area contributed by atoms with Gasteiger partial charge in [-0.2, -0.15) is 0 Å². The molecule has 0 aliphatic carbocycles. The molecule has 0 atom stereocenters. The Hall–Kier alpha value is -1.90. The van der Waals surface area contributed by atoms with Crippen LogP contribution in [-0.2, 0) is 0 Å². The van der Waals surface area contributed by atoms with E-state index in [1.54, 1.807) is 6.92 Å². The molecule has 0 bridgehead atoms. The Morgan fingerprint density at radius 2 is 1.71 bits per heavy atom. The second-order valence-corrected chi connectivity index (χ2v) is 4.40. The normalized spacial score (nSPS) is 10.6. The molecule has 0 spiro atoms. The third kappa shape index (κ3) is 1.88. The summed E-state index contributed by atoms with van der Waals surface area (Å²) < 4.78 is 5.29. The highest BCUT2D eigenvalue weighted by atomic mass is 16.5. The van der Waals surface area contributed by atoms with Crippen molar-refractivity contribution >= 4 is 6.29 Å². The van der Waals surface area contributed by atoms with Crippen LogP contribution >= 0.6 is 0 Å². The van der Waals surface area contributed by atoms with Gasteiger partial charge in [-0.05, 0) is 38.8 Å². The standard InChI is InChI=1S/C14H15NO2/c1-8-5-9(2)13(10(3)6-8)14-12(7-16)11(4)15-17-14/h5-7H,1-4H3. The average Bonchev–Trinajstić information content (AvgIpc) is 2.58. The highest BCUT2D eigenvalue weighted by molar-refractivity contribution is 5.87. The van der Waals surface area contributed by atoms with Gasteiger partial charge in [-0.15, -0.1) is 0 Å². The van der Waals surface area contributed by atoms with Crippen LogP contribution in [0.5, 0.6) is 0 Å². The van der Waals surface area contributed by atoms with E-state index in [4.69, 9.17) is 4.52 Å². The van der Waals surface area contributed by atoms with Crippen LogP contribution in [0.3, 0.4) is 0 Å². The number of hydrogen-bond donors (Lipinski definition) is 0. The highest BCUT2D eigenvalue weighted by Crippen LogP contribution is 2.31. The van der Waals surface area contributed by atoms with Gasteiger partial charge in [-0.25, -0.2) is 0 Å². The number of carbonyl (C=O) groups is 1. The van der Waals surface area contributed by atoms with Crippen molar-refractivity contribution in [2.45, 2.75) is 27.7 Å². The van der Waals surface area contributed by atoms with Crippen LogP contribution in [0.25, 0.3) is 11.3 Å². The van der Waals surface area contributed by atoms with Gasteiger partial charge in [0.15, 0.2) is 12.0 Å². The fraction of sp³-hybridized carbons (Fsp3) is 0.286. The second-order valence-electron chi connectivity index (χ2n) is 4.40. The van der Waals surface area contributed by atoms with Crippen LogP contribution in [0.2, 0.25) is 0 Å². The number of aldehydes is 1. The Labute approximate surface area is 100 Å². The number of carbonyl (C=O) groups excluding carboxylic acids is 1. The Balaban J connectivity index is 2.72. The lowest BCUT2D eigenvalue weighted by Gasteiger charge is -2.08. The molecule has 0 unspecified atom stereocenters. The summed E-state index contributed by atoms with van der Waals surface area (Å²) in [6.45, 7) is 7.86. The fourth-order valence-corrected chi connectivity index (χ4v) is 2.23. The van der Waals surface area contributed by atoms with E-state index in [-0.39, 0.29) is 0 Å². The molecule has 0 amide bonds. The summed E-state index contributed by atoms with van der Waals surface area (Å²) in [6, 6.07) is 4.16. The van der Waals surface area contributed by atoms with E-state index in [1.165, 1.54) is 5.56 Å². The Morgan fingerprint density at radius 3 is 2.24 bits per heavy atom. The summed E-state index contributed by atoms with van der Waals surface area (Å²) in [5, 5.41) is 3.86. The number of hydrogen-bond acceptors (Lipinski definition) is 3. The van der Waals surface area contributed by atoms with Crippen molar-refractivity contribution in [3.63, 3.8) is 0 Å². The van der Waals surface area contributed by atoms with Crippen molar-refractivity contribution < 1.29 is 9.32 Å². The molecule has 3 heteroatoms. The molecular formula is C14H15NO2. The zero-order valence-electron chi connectivity index (χ0n) is 10.5. The van der Waals surface area contributed by atoms with E-state index in [9.17, 15) is 4.79 Å². The van der Waals surface area contributed by atoms with Gasteiger partial charge in [0.1, 0.15) is 0 Å². The van der Waals surface area contributed by atoms with Gasteiger partial charge in [-0.1, -0.05) is 22.9 Å². The van der Waals surface area contributed by atoms with E-state index in [1.807, 2.05) is 13.8 Å². The van der Waals surface area contributed by atoms with E-state index < -0.39 is 0 Å². The molecule has 2 aromatic rings. The van der Waals surface area contributed by atoms with Gasteiger partial charge in [0.05, 0.1) is 11.3 Å². The third-order valence-corrected chi connectivity index (χ3v) is 2.93. The number of aryl methyl sites for hydroxylation is 4. The van der Waals surface area contributed by atoms with Crippen molar-refractivity contribution in [1.82, 2.24) is 5.16 Å². The lowest BCUT2D eigenvalue weighted by Crippen LogP contribution is -1.92. The predicted molar refractivity (Wildman–Crippen MR) is 66.3 cm³/mol. The minimum atomic E-state index is 0.542. The van der Waals surface area contributed by atoms with Crippen molar-refractivity contribution in [3.8, 4) is 11.3 Å². The van der Waals surface area contributed by atoms with Gasteiger partial charge in [0.2, 0.25) is 0 Å². The van der Waals surface area contributed by atoms with E-state index in [0.29, 0.717) is 17.0 Å². The van der Waals surface area contributed by atoms with Crippen LogP contribution in [0.1, 0.15) is 32.7 Å². The maximum atomic E-state index is 11.1. The van der Waals surface area contributed by atoms with Crippen LogP contribution in [0.4, 0.5) is 0 Å². The minimum Gasteiger partial charge on any atom is -0.355 e. The molecule has 2 rings (SSSR count). The first kappa shape index (κ1) is 11.6. The summed E-state index contributed by atoms with van der Waals surface area (Å²) in [5.41, 5.74) is 5.55. The van der Waals surface area contributed by atoms with Crippen molar-refractivity contribution in [2.24, 2.45) is 0 Å². The molecule has 0 saturated heterocycles. The molecule has 0 saturated carbocycles. The molecule has 17 heavy (non-hydrogen) atoms. The molecule has 88 valence electrons. The first-order valence-electron chi connectivity index (χ1n) is 5.54. The molecule has 1 heterocycles. The molecule has 1 aromatic carbocycles.